The van der Waals surface area contributed by atoms with Crippen LogP contribution in [0.1, 0.15) is 26.0 Å². The van der Waals surface area contributed by atoms with Gasteiger partial charge in [0, 0.05) is 24.7 Å². The number of rotatable bonds is 3. The van der Waals surface area contributed by atoms with Crippen molar-refractivity contribution < 1.29 is 13.6 Å². The molecule has 1 saturated heterocycles. The van der Waals surface area contributed by atoms with Crippen molar-refractivity contribution in [2.45, 2.75) is 32.7 Å². The smallest absolute Gasteiger partial charge is 0.228 e. The Labute approximate surface area is 165 Å². The Kier molecular flexibility index (Phi) is 7.62. The van der Waals surface area contributed by atoms with Crippen molar-refractivity contribution in [1.82, 2.24) is 9.88 Å². The van der Waals surface area contributed by atoms with Gasteiger partial charge < -0.3 is 15.1 Å². The second-order valence-electron chi connectivity index (χ2n) is 7.03. The molecule has 0 aliphatic carbocycles. The van der Waals surface area contributed by atoms with Crippen LogP contribution in [0.5, 0.6) is 0 Å². The molecular formula is C18H24Cl2FN3O2. The minimum Gasteiger partial charge on any atom is -0.444 e. The highest BCUT2D eigenvalue weighted by Gasteiger charge is 2.35. The molecule has 26 heavy (non-hydrogen) atoms. The van der Waals surface area contributed by atoms with Crippen molar-refractivity contribution in [1.29, 1.82) is 0 Å². The molecule has 0 bridgehead atoms. The van der Waals surface area contributed by atoms with E-state index in [0.29, 0.717) is 30.2 Å². The van der Waals surface area contributed by atoms with Crippen LogP contribution in [0.15, 0.2) is 34.9 Å². The van der Waals surface area contributed by atoms with E-state index in [0.717, 1.165) is 6.42 Å². The maximum atomic E-state index is 13.0. The van der Waals surface area contributed by atoms with Crippen LogP contribution in [0, 0.1) is 11.2 Å². The Morgan fingerprint density at radius 2 is 2.00 bits per heavy atom. The minimum atomic E-state index is -0.313. The Bertz CT molecular complexity index is 734. The summed E-state index contributed by atoms with van der Waals surface area (Å²) in [6.45, 7) is 5.49. The second kappa shape index (κ2) is 8.84. The monoisotopic (exact) mass is 403 g/mol. The number of nitrogens with two attached hydrogens (primary N) is 1. The normalized spacial score (nSPS) is 18.6. The van der Waals surface area contributed by atoms with Gasteiger partial charge in [-0.1, -0.05) is 13.8 Å². The quantitative estimate of drug-likeness (QED) is 0.851. The first kappa shape index (κ1) is 22.4. The summed E-state index contributed by atoms with van der Waals surface area (Å²) in [7, 11) is 0. The third-order valence-electron chi connectivity index (χ3n) is 4.64. The van der Waals surface area contributed by atoms with Gasteiger partial charge in [-0.15, -0.1) is 24.8 Å². The predicted octanol–water partition coefficient (Wildman–Crippen LogP) is 3.45. The van der Waals surface area contributed by atoms with Gasteiger partial charge >= 0.3 is 0 Å². The molecule has 1 amide bonds. The summed E-state index contributed by atoms with van der Waals surface area (Å²) in [6.07, 6.45) is 2.48. The molecule has 1 atom stereocenters. The molecule has 0 radical (unpaired) electrons. The maximum Gasteiger partial charge on any atom is 0.228 e. The van der Waals surface area contributed by atoms with E-state index in [-0.39, 0.29) is 54.4 Å². The first-order valence-electron chi connectivity index (χ1n) is 8.09. The van der Waals surface area contributed by atoms with Crippen LogP contribution in [-0.4, -0.2) is 34.9 Å². The zero-order chi connectivity index (χ0) is 17.3. The molecule has 2 N–H and O–H groups in total. The van der Waals surface area contributed by atoms with E-state index in [2.05, 4.69) is 18.8 Å². The van der Waals surface area contributed by atoms with Gasteiger partial charge in [0.15, 0.2) is 0 Å². The zero-order valence-electron chi connectivity index (χ0n) is 14.8. The predicted molar refractivity (Wildman–Crippen MR) is 103 cm³/mol. The number of halogens is 3. The molecule has 5 nitrogen and oxygen atoms in total. The SMILES string of the molecule is CC1(C)CN(C(=O)Cc2coc(-c3ccc(F)cc3)n2)CCC1N.Cl.Cl. The summed E-state index contributed by atoms with van der Waals surface area (Å²) in [5.41, 5.74) is 7.28. The van der Waals surface area contributed by atoms with Crippen molar-refractivity contribution >= 4 is 30.7 Å². The average Bonchev–Trinajstić information content (AvgIpc) is 2.99. The van der Waals surface area contributed by atoms with Crippen LogP contribution < -0.4 is 5.73 Å². The molecule has 3 rings (SSSR count). The number of amides is 1. The van der Waals surface area contributed by atoms with E-state index in [1.165, 1.54) is 18.4 Å². The zero-order valence-corrected chi connectivity index (χ0v) is 16.4. The number of carbonyl (C=O) groups excluding carboxylic acids is 1. The second-order valence-corrected chi connectivity index (χ2v) is 7.03. The third kappa shape index (κ3) is 4.96. The Balaban J connectivity index is 0.00000169. The Morgan fingerprint density at radius 3 is 2.62 bits per heavy atom. The van der Waals surface area contributed by atoms with Gasteiger partial charge in [-0.3, -0.25) is 4.79 Å². The standard InChI is InChI=1S/C18H22FN3O2.2ClH/c1-18(2)11-22(8-7-15(18)20)16(23)9-14-10-24-17(21-14)12-3-5-13(19)6-4-12;;/h3-6,10,15H,7-9,11,20H2,1-2H3;2*1H. The summed E-state index contributed by atoms with van der Waals surface area (Å²) in [5.74, 6) is 0.0966. The van der Waals surface area contributed by atoms with Crippen LogP contribution >= 0.6 is 24.8 Å². The fourth-order valence-corrected chi connectivity index (χ4v) is 2.97. The summed E-state index contributed by atoms with van der Waals surface area (Å²) < 4.78 is 18.4. The van der Waals surface area contributed by atoms with E-state index < -0.39 is 0 Å². The van der Waals surface area contributed by atoms with Gasteiger partial charge in [-0.05, 0) is 36.1 Å². The van der Waals surface area contributed by atoms with Crippen LogP contribution in [0.3, 0.4) is 0 Å². The van der Waals surface area contributed by atoms with Gasteiger partial charge in [0.1, 0.15) is 12.1 Å². The molecular weight excluding hydrogens is 380 g/mol. The van der Waals surface area contributed by atoms with Gasteiger partial charge in [0.05, 0.1) is 12.1 Å². The molecule has 2 aromatic rings. The fraction of sp³-hybridized carbons (Fsp3) is 0.444. The summed E-state index contributed by atoms with van der Waals surface area (Å²) in [4.78, 5) is 18.7. The molecule has 1 aliphatic rings. The van der Waals surface area contributed by atoms with Crippen LogP contribution in [0.4, 0.5) is 4.39 Å². The largest absolute Gasteiger partial charge is 0.444 e. The maximum absolute atomic E-state index is 13.0. The van der Waals surface area contributed by atoms with Gasteiger partial charge in [-0.25, -0.2) is 9.37 Å². The fourth-order valence-electron chi connectivity index (χ4n) is 2.97. The number of aromatic nitrogens is 1. The molecule has 0 spiro atoms. The average molecular weight is 404 g/mol. The van der Waals surface area contributed by atoms with Gasteiger partial charge in [-0.2, -0.15) is 0 Å². The number of nitrogens with zero attached hydrogens (tertiary/aromatic N) is 2. The Hall–Kier alpha value is -1.63. The number of likely N-dealkylation sites (tertiary alicyclic amines) is 1. The Morgan fingerprint density at radius 1 is 1.35 bits per heavy atom. The molecule has 0 saturated carbocycles. The van der Waals surface area contributed by atoms with Crippen LogP contribution in [-0.2, 0) is 11.2 Å². The molecule has 1 unspecified atom stereocenters. The number of oxazole rings is 1. The molecule has 1 aliphatic heterocycles. The number of benzene rings is 1. The molecule has 144 valence electrons. The van der Waals surface area contributed by atoms with Crippen LogP contribution in [0.2, 0.25) is 0 Å². The number of carbonyl (C=O) groups is 1. The summed E-state index contributed by atoms with van der Waals surface area (Å²) >= 11 is 0. The van der Waals surface area contributed by atoms with E-state index >= 15 is 0 Å². The summed E-state index contributed by atoms with van der Waals surface area (Å²) in [6, 6.07) is 6.01. The van der Waals surface area contributed by atoms with E-state index in [4.69, 9.17) is 10.2 Å². The highest BCUT2D eigenvalue weighted by atomic mass is 35.5. The molecule has 8 heteroatoms. The lowest BCUT2D eigenvalue weighted by molar-refractivity contribution is -0.133. The minimum absolute atomic E-state index is 0. The van der Waals surface area contributed by atoms with Crippen molar-refractivity contribution in [3.05, 3.63) is 42.0 Å². The summed E-state index contributed by atoms with van der Waals surface area (Å²) in [5, 5.41) is 0. The van der Waals surface area contributed by atoms with Crippen molar-refractivity contribution in [2.24, 2.45) is 11.1 Å². The van der Waals surface area contributed by atoms with Crippen molar-refractivity contribution in [3.63, 3.8) is 0 Å². The molecule has 1 fully saturated rings. The lowest BCUT2D eigenvalue weighted by Crippen LogP contribution is -2.54. The lowest BCUT2D eigenvalue weighted by Gasteiger charge is -2.42. The van der Waals surface area contributed by atoms with E-state index in [1.807, 2.05) is 4.90 Å². The first-order valence-corrected chi connectivity index (χ1v) is 8.09. The first-order chi connectivity index (χ1) is 11.3. The number of hydrogen-bond acceptors (Lipinski definition) is 4. The third-order valence-corrected chi connectivity index (χ3v) is 4.64. The van der Waals surface area contributed by atoms with E-state index in [1.54, 1.807) is 12.1 Å². The van der Waals surface area contributed by atoms with Crippen molar-refractivity contribution in [3.8, 4) is 11.5 Å². The molecule has 1 aromatic heterocycles. The van der Waals surface area contributed by atoms with E-state index in [9.17, 15) is 9.18 Å². The number of piperidine rings is 1. The molecule has 1 aromatic carbocycles. The topological polar surface area (TPSA) is 72.4 Å². The van der Waals surface area contributed by atoms with Gasteiger partial charge in [0.25, 0.3) is 0 Å². The van der Waals surface area contributed by atoms with Crippen LogP contribution in [0.25, 0.3) is 11.5 Å². The molecule has 2 heterocycles. The van der Waals surface area contributed by atoms with Crippen molar-refractivity contribution in [2.75, 3.05) is 13.1 Å². The lowest BCUT2D eigenvalue weighted by atomic mass is 9.79. The highest BCUT2D eigenvalue weighted by molar-refractivity contribution is 5.85. The number of hydrogen-bond donors (Lipinski definition) is 1. The van der Waals surface area contributed by atoms with Gasteiger partial charge in [0.2, 0.25) is 11.8 Å². The highest BCUT2D eigenvalue weighted by Crippen LogP contribution is 2.28.